The monoisotopic (exact) mass is 435 g/mol. The van der Waals surface area contributed by atoms with Crippen molar-refractivity contribution in [2.24, 2.45) is 5.73 Å². The first kappa shape index (κ1) is 21.5. The average Bonchev–Trinajstić information content (AvgIpc) is 3.05. The van der Waals surface area contributed by atoms with Crippen LogP contribution in [0.3, 0.4) is 0 Å². The Labute approximate surface area is 171 Å². The fraction of sp³-hybridized carbons (Fsp3) is 0.211. The summed E-state index contributed by atoms with van der Waals surface area (Å²) in [6, 6.07) is 8.19. The van der Waals surface area contributed by atoms with Crippen LogP contribution in [-0.4, -0.2) is 40.5 Å². The van der Waals surface area contributed by atoms with Gasteiger partial charge < -0.3 is 5.73 Å². The Morgan fingerprint density at radius 1 is 1.20 bits per heavy atom. The van der Waals surface area contributed by atoms with E-state index in [0.717, 1.165) is 15.5 Å². The molecule has 11 heteroatoms. The summed E-state index contributed by atoms with van der Waals surface area (Å²) in [6.07, 6.45) is 1.89. The van der Waals surface area contributed by atoms with Crippen molar-refractivity contribution >= 4 is 9.84 Å². The van der Waals surface area contributed by atoms with Gasteiger partial charge in [0.1, 0.15) is 12.1 Å². The third-order valence-corrected chi connectivity index (χ3v) is 5.57. The molecule has 2 aromatic heterocycles. The lowest BCUT2D eigenvalue weighted by atomic mass is 10.1. The van der Waals surface area contributed by atoms with E-state index < -0.39 is 28.2 Å². The van der Waals surface area contributed by atoms with Crippen LogP contribution in [0, 0.1) is 6.92 Å². The first-order valence-corrected chi connectivity index (χ1v) is 10.7. The number of nitrogens with zero attached hydrogens (tertiary/aromatic N) is 4. The molecule has 0 aliphatic rings. The Morgan fingerprint density at radius 3 is 2.53 bits per heavy atom. The fourth-order valence-electron chi connectivity index (χ4n) is 2.86. The summed E-state index contributed by atoms with van der Waals surface area (Å²) in [7, 11) is -3.36. The van der Waals surface area contributed by atoms with Gasteiger partial charge in [-0.25, -0.2) is 27.4 Å². The Hall–Kier alpha value is -3.18. The second kappa shape index (κ2) is 8.28. The molecule has 158 valence electrons. The van der Waals surface area contributed by atoms with Crippen molar-refractivity contribution in [2.45, 2.75) is 18.4 Å². The van der Waals surface area contributed by atoms with Crippen LogP contribution in [0.15, 0.2) is 64.2 Å². The van der Waals surface area contributed by atoms with Gasteiger partial charge in [0.15, 0.2) is 9.84 Å². The molecule has 0 unspecified atom stereocenters. The van der Waals surface area contributed by atoms with E-state index in [1.165, 1.54) is 18.6 Å². The van der Waals surface area contributed by atoms with Gasteiger partial charge in [-0.05, 0) is 36.2 Å². The second-order valence-electron chi connectivity index (χ2n) is 6.67. The van der Waals surface area contributed by atoms with E-state index in [9.17, 15) is 22.0 Å². The molecule has 8 nitrogen and oxygen atoms in total. The van der Waals surface area contributed by atoms with Gasteiger partial charge in [-0.1, -0.05) is 12.1 Å². The van der Waals surface area contributed by atoms with Crippen molar-refractivity contribution in [2.75, 3.05) is 12.8 Å². The predicted octanol–water partition coefficient (Wildman–Crippen LogP) is 1.92. The number of hydrogen-bond donors (Lipinski definition) is 1. The Balaban J connectivity index is 1.98. The van der Waals surface area contributed by atoms with E-state index in [2.05, 4.69) is 10.1 Å². The average molecular weight is 435 g/mol. The SMILES string of the molecule is Cc1cc(-c2cccc(S(C)(=O)=O)c2)cnc1-n1cnn(CC(CN)=C(F)F)c1=O. The normalized spacial score (nSPS) is 11.5. The maximum Gasteiger partial charge on any atom is 0.351 e. The summed E-state index contributed by atoms with van der Waals surface area (Å²) in [5.41, 5.74) is 6.20. The molecule has 1 aromatic carbocycles. The fourth-order valence-corrected chi connectivity index (χ4v) is 3.52. The summed E-state index contributed by atoms with van der Waals surface area (Å²) in [6.45, 7) is 0.919. The quantitative estimate of drug-likeness (QED) is 0.633. The number of aromatic nitrogens is 4. The predicted molar refractivity (Wildman–Crippen MR) is 107 cm³/mol. The van der Waals surface area contributed by atoms with Crippen molar-refractivity contribution in [3.8, 4) is 16.9 Å². The molecule has 3 aromatic rings. The molecule has 0 spiro atoms. The molecule has 2 heterocycles. The molecule has 0 aliphatic carbocycles. The Kier molecular flexibility index (Phi) is 5.94. The molecule has 0 amide bonds. The number of rotatable bonds is 6. The maximum absolute atomic E-state index is 12.8. The van der Waals surface area contributed by atoms with Crippen molar-refractivity contribution < 1.29 is 17.2 Å². The summed E-state index contributed by atoms with van der Waals surface area (Å²) >= 11 is 0. The van der Waals surface area contributed by atoms with Gasteiger partial charge in [-0.3, -0.25) is 0 Å². The van der Waals surface area contributed by atoms with E-state index in [1.807, 2.05) is 0 Å². The molecule has 0 saturated carbocycles. The smallest absolute Gasteiger partial charge is 0.327 e. The molecular formula is C19H19F2N5O3S. The molecule has 0 saturated heterocycles. The second-order valence-corrected chi connectivity index (χ2v) is 8.69. The molecular weight excluding hydrogens is 416 g/mol. The molecule has 0 fully saturated rings. The molecule has 0 aliphatic heterocycles. The minimum Gasteiger partial charge on any atom is -0.327 e. The van der Waals surface area contributed by atoms with Crippen LogP contribution >= 0.6 is 0 Å². The van der Waals surface area contributed by atoms with Crippen molar-refractivity contribution in [3.05, 3.63) is 70.6 Å². The van der Waals surface area contributed by atoms with E-state index in [-0.39, 0.29) is 22.8 Å². The number of sulfone groups is 1. The van der Waals surface area contributed by atoms with Gasteiger partial charge >= 0.3 is 5.69 Å². The van der Waals surface area contributed by atoms with Crippen LogP contribution in [0.4, 0.5) is 8.78 Å². The topological polar surface area (TPSA) is 113 Å². The van der Waals surface area contributed by atoms with E-state index in [1.54, 1.807) is 31.2 Å². The summed E-state index contributed by atoms with van der Waals surface area (Å²) in [5, 5.41) is 3.86. The first-order chi connectivity index (χ1) is 14.1. The zero-order valence-electron chi connectivity index (χ0n) is 16.2. The molecule has 3 rings (SSSR count). The lowest BCUT2D eigenvalue weighted by Gasteiger charge is -2.09. The number of hydrogen-bond acceptors (Lipinski definition) is 6. The highest BCUT2D eigenvalue weighted by molar-refractivity contribution is 7.90. The molecule has 0 bridgehead atoms. The third-order valence-electron chi connectivity index (χ3n) is 4.46. The lowest BCUT2D eigenvalue weighted by molar-refractivity contribution is 0.400. The molecule has 0 atom stereocenters. The zero-order valence-corrected chi connectivity index (χ0v) is 17.0. The van der Waals surface area contributed by atoms with Gasteiger partial charge in [0.05, 0.1) is 11.4 Å². The Morgan fingerprint density at radius 2 is 1.93 bits per heavy atom. The van der Waals surface area contributed by atoms with E-state index in [4.69, 9.17) is 5.73 Å². The van der Waals surface area contributed by atoms with E-state index >= 15 is 0 Å². The number of halogens is 2. The summed E-state index contributed by atoms with van der Waals surface area (Å²) in [4.78, 5) is 17.0. The highest BCUT2D eigenvalue weighted by Gasteiger charge is 2.15. The summed E-state index contributed by atoms with van der Waals surface area (Å²) in [5.74, 6) is 0.285. The van der Waals surface area contributed by atoms with Crippen molar-refractivity contribution in [1.82, 2.24) is 19.3 Å². The van der Waals surface area contributed by atoms with Crippen molar-refractivity contribution in [1.29, 1.82) is 0 Å². The molecule has 30 heavy (non-hydrogen) atoms. The highest BCUT2D eigenvalue weighted by Crippen LogP contribution is 2.24. The van der Waals surface area contributed by atoms with Crippen LogP contribution in [0.1, 0.15) is 5.56 Å². The lowest BCUT2D eigenvalue weighted by Crippen LogP contribution is -2.27. The number of benzene rings is 1. The van der Waals surface area contributed by atoms with Gasteiger partial charge in [-0.2, -0.15) is 13.9 Å². The minimum absolute atomic E-state index is 0.183. The van der Waals surface area contributed by atoms with Crippen LogP contribution in [0.5, 0.6) is 0 Å². The third kappa shape index (κ3) is 4.36. The van der Waals surface area contributed by atoms with Gasteiger partial charge in [0, 0.05) is 30.1 Å². The number of nitrogens with two attached hydrogens (primary N) is 1. The van der Waals surface area contributed by atoms with Crippen LogP contribution < -0.4 is 11.4 Å². The molecule has 0 radical (unpaired) electrons. The maximum atomic E-state index is 12.8. The summed E-state index contributed by atoms with van der Waals surface area (Å²) < 4.78 is 51.2. The largest absolute Gasteiger partial charge is 0.351 e. The highest BCUT2D eigenvalue weighted by atomic mass is 32.2. The van der Waals surface area contributed by atoms with Crippen molar-refractivity contribution in [3.63, 3.8) is 0 Å². The number of aryl methyl sites for hydroxylation is 1. The standard InChI is InChI=1S/C19H19F2N5O3S/c1-12-6-14(13-4-3-5-16(7-13)30(2,28)29)9-23-18(12)25-11-24-26(19(25)27)10-15(8-22)17(20)21/h3-7,9,11H,8,10,22H2,1-2H3. The molecule has 2 N–H and O–H groups in total. The zero-order chi connectivity index (χ0) is 22.1. The first-order valence-electron chi connectivity index (χ1n) is 8.77. The van der Waals surface area contributed by atoms with Gasteiger partial charge in [0.2, 0.25) is 0 Å². The Bertz CT molecular complexity index is 1290. The van der Waals surface area contributed by atoms with E-state index in [0.29, 0.717) is 16.7 Å². The van der Waals surface area contributed by atoms with Crippen LogP contribution in [0.25, 0.3) is 16.9 Å². The van der Waals surface area contributed by atoms with Crippen LogP contribution in [0.2, 0.25) is 0 Å². The van der Waals surface area contributed by atoms with Gasteiger partial charge in [0.25, 0.3) is 6.08 Å². The minimum atomic E-state index is -3.36. The number of pyridine rings is 1. The van der Waals surface area contributed by atoms with Crippen LogP contribution in [-0.2, 0) is 16.4 Å². The van der Waals surface area contributed by atoms with Gasteiger partial charge in [-0.15, -0.1) is 0 Å².